The molecule has 9 nitrogen and oxygen atoms in total. The summed E-state index contributed by atoms with van der Waals surface area (Å²) in [5, 5.41) is 10.4. The van der Waals surface area contributed by atoms with E-state index in [0.717, 1.165) is 19.3 Å². The number of methoxy groups -OCH3 is 1. The fourth-order valence-electron chi connectivity index (χ4n) is 5.92. The summed E-state index contributed by atoms with van der Waals surface area (Å²) >= 11 is 0. The summed E-state index contributed by atoms with van der Waals surface area (Å²) in [4.78, 5) is 12.9. The Morgan fingerprint density at radius 3 is 2.58 bits per heavy atom. The van der Waals surface area contributed by atoms with E-state index in [0.29, 0.717) is 17.9 Å². The van der Waals surface area contributed by atoms with Crippen LogP contribution in [0.15, 0.2) is 57.8 Å². The molecule has 2 fully saturated rings. The van der Waals surface area contributed by atoms with Crippen molar-refractivity contribution in [2.24, 2.45) is 10.8 Å². The summed E-state index contributed by atoms with van der Waals surface area (Å²) in [5.74, 6) is 0.394. The highest BCUT2D eigenvalue weighted by Gasteiger charge is 2.53. The maximum Gasteiger partial charge on any atom is 0.322 e. The van der Waals surface area contributed by atoms with Crippen molar-refractivity contribution in [3.63, 3.8) is 0 Å². The van der Waals surface area contributed by atoms with Gasteiger partial charge < -0.3 is 9.15 Å². The lowest BCUT2D eigenvalue weighted by Gasteiger charge is -2.39. The zero-order chi connectivity index (χ0) is 25.7. The van der Waals surface area contributed by atoms with Crippen LogP contribution in [0.3, 0.4) is 0 Å². The smallest absolute Gasteiger partial charge is 0.322 e. The molecule has 1 saturated carbocycles. The van der Waals surface area contributed by atoms with Gasteiger partial charge in [-0.3, -0.25) is 10.1 Å². The summed E-state index contributed by atoms with van der Waals surface area (Å²) in [6.45, 7) is 7.13. The molecule has 2 heterocycles. The van der Waals surface area contributed by atoms with Crippen LogP contribution in [0.5, 0.6) is 5.75 Å². The van der Waals surface area contributed by atoms with Gasteiger partial charge in [0.2, 0.25) is 15.9 Å². The molecule has 5 rings (SSSR count). The van der Waals surface area contributed by atoms with Crippen molar-refractivity contribution < 1.29 is 22.4 Å². The van der Waals surface area contributed by atoms with Crippen LogP contribution >= 0.6 is 0 Å². The number of hydrogen-bond donors (Lipinski definition) is 1. The van der Waals surface area contributed by atoms with E-state index in [9.17, 15) is 13.2 Å². The van der Waals surface area contributed by atoms with Crippen molar-refractivity contribution in [3.05, 3.63) is 54.1 Å². The Bertz CT molecular complexity index is 1400. The van der Waals surface area contributed by atoms with Gasteiger partial charge in [0.25, 0.3) is 5.91 Å². The summed E-state index contributed by atoms with van der Waals surface area (Å²) in [6.07, 6.45) is 2.75. The number of anilines is 1. The minimum atomic E-state index is -3.67. The minimum absolute atomic E-state index is 0.00281. The number of nitrogens with one attached hydrogen (secondary N) is 1. The maximum absolute atomic E-state index is 13.5. The van der Waals surface area contributed by atoms with E-state index >= 15 is 0 Å². The monoisotopic (exact) mass is 510 g/mol. The van der Waals surface area contributed by atoms with Gasteiger partial charge in [0.1, 0.15) is 5.75 Å². The molecule has 10 heteroatoms. The molecule has 2 unspecified atom stereocenters. The van der Waals surface area contributed by atoms with Crippen molar-refractivity contribution >= 4 is 21.9 Å². The van der Waals surface area contributed by atoms with Crippen LogP contribution in [0, 0.1) is 10.8 Å². The third-order valence-corrected chi connectivity index (χ3v) is 8.96. The van der Waals surface area contributed by atoms with E-state index in [1.54, 1.807) is 35.7 Å². The van der Waals surface area contributed by atoms with E-state index in [4.69, 9.17) is 9.15 Å². The normalized spacial score (nSPS) is 23.4. The second-order valence-corrected chi connectivity index (χ2v) is 12.8. The Labute approximate surface area is 210 Å². The molecule has 0 spiro atoms. The largest absolute Gasteiger partial charge is 0.497 e. The molecule has 1 aromatic heterocycles. The molecule has 1 N–H and O–H groups in total. The number of carbonyl (C=O) groups excluding carboxylic acids is 1. The molecular weight excluding hydrogens is 480 g/mol. The Kier molecular flexibility index (Phi) is 5.91. The third-order valence-electron chi connectivity index (χ3n) is 7.05. The number of fused-ring (bicyclic) bond motifs is 2. The number of benzene rings is 2. The van der Waals surface area contributed by atoms with E-state index in [-0.39, 0.29) is 39.2 Å². The van der Waals surface area contributed by atoms with Gasteiger partial charge in [0.05, 0.1) is 12.0 Å². The van der Waals surface area contributed by atoms with E-state index in [1.807, 2.05) is 0 Å². The number of aromatic nitrogens is 2. The Morgan fingerprint density at radius 2 is 1.86 bits per heavy atom. The van der Waals surface area contributed by atoms with Gasteiger partial charge in [-0.2, -0.15) is 4.31 Å². The van der Waals surface area contributed by atoms with E-state index < -0.39 is 15.9 Å². The van der Waals surface area contributed by atoms with Crippen LogP contribution < -0.4 is 10.1 Å². The number of hydrogen-bond acceptors (Lipinski definition) is 7. The molecule has 2 aromatic carbocycles. The number of rotatable bonds is 6. The van der Waals surface area contributed by atoms with Crippen LogP contribution in [-0.4, -0.2) is 48.5 Å². The van der Waals surface area contributed by atoms with Crippen LogP contribution in [-0.2, 0) is 10.0 Å². The average molecular weight is 511 g/mol. The number of carbonyl (C=O) groups is 1. The van der Waals surface area contributed by atoms with Crippen molar-refractivity contribution in [3.8, 4) is 17.2 Å². The van der Waals surface area contributed by atoms with Gasteiger partial charge >= 0.3 is 6.01 Å². The molecule has 1 aliphatic heterocycles. The number of sulfonamides is 1. The van der Waals surface area contributed by atoms with E-state index in [2.05, 4.69) is 36.3 Å². The molecule has 1 aliphatic carbocycles. The summed E-state index contributed by atoms with van der Waals surface area (Å²) in [5.41, 5.74) is 1.04. The molecule has 2 aliphatic rings. The fourth-order valence-corrected chi connectivity index (χ4v) is 7.69. The molecule has 1 amide bonds. The zero-order valence-corrected chi connectivity index (χ0v) is 21.6. The molecule has 1 saturated heterocycles. The zero-order valence-electron chi connectivity index (χ0n) is 20.8. The molecule has 2 atom stereocenters. The van der Waals surface area contributed by atoms with Crippen molar-refractivity contribution in [2.45, 2.75) is 51.0 Å². The van der Waals surface area contributed by atoms with Crippen LogP contribution in [0.25, 0.3) is 11.5 Å². The Morgan fingerprint density at radius 1 is 1.11 bits per heavy atom. The van der Waals surface area contributed by atoms with Gasteiger partial charge in [0.15, 0.2) is 0 Å². The van der Waals surface area contributed by atoms with Gasteiger partial charge in [-0.1, -0.05) is 31.9 Å². The quantitative estimate of drug-likeness (QED) is 0.516. The average Bonchev–Trinajstić information content (AvgIpc) is 3.40. The number of ether oxygens (including phenoxy) is 1. The van der Waals surface area contributed by atoms with Crippen molar-refractivity contribution in [1.82, 2.24) is 14.5 Å². The summed E-state index contributed by atoms with van der Waals surface area (Å²) < 4.78 is 39.4. The highest BCUT2D eigenvalue weighted by molar-refractivity contribution is 7.89. The summed E-state index contributed by atoms with van der Waals surface area (Å²) in [7, 11) is -2.10. The molecule has 2 bridgehead atoms. The second-order valence-electron chi connectivity index (χ2n) is 10.9. The molecule has 36 heavy (non-hydrogen) atoms. The van der Waals surface area contributed by atoms with Crippen molar-refractivity contribution in [2.75, 3.05) is 19.0 Å². The standard InChI is InChI=1S/C26H30N4O5S/c1-25(2)13-19-14-26(3,15-25)16-30(19)36(32,33)21-10-8-17(9-11-21)22(31)27-24-29-28-23(35-24)18-6-5-7-20(12-18)34-4/h5-12,19H,13-16H2,1-4H3,(H,27,29,31). The Balaban J connectivity index is 1.29. The van der Waals surface area contributed by atoms with Gasteiger partial charge in [-0.05, 0) is 72.6 Å². The van der Waals surface area contributed by atoms with E-state index in [1.165, 1.54) is 24.3 Å². The predicted molar refractivity (Wildman–Crippen MR) is 134 cm³/mol. The molecule has 0 radical (unpaired) electrons. The number of amides is 1. The molecule has 190 valence electrons. The predicted octanol–water partition coefficient (Wildman–Crippen LogP) is 4.59. The van der Waals surface area contributed by atoms with Crippen molar-refractivity contribution in [1.29, 1.82) is 0 Å². The third kappa shape index (κ3) is 4.62. The van der Waals surface area contributed by atoms with Gasteiger partial charge in [-0.25, -0.2) is 8.42 Å². The van der Waals surface area contributed by atoms with Crippen LogP contribution in [0.4, 0.5) is 6.01 Å². The highest BCUT2D eigenvalue weighted by Crippen LogP contribution is 2.53. The SMILES string of the molecule is COc1cccc(-c2nnc(NC(=O)c3ccc(S(=O)(=O)N4CC5(C)CC4CC(C)(C)C5)cc3)o2)c1. The lowest BCUT2D eigenvalue weighted by molar-refractivity contribution is 0.102. The number of nitrogens with zero attached hydrogens (tertiary/aromatic N) is 3. The fraction of sp³-hybridized carbons (Fsp3) is 0.423. The first-order valence-corrected chi connectivity index (χ1v) is 13.3. The van der Waals surface area contributed by atoms with Crippen LogP contribution in [0.2, 0.25) is 0 Å². The lowest BCUT2D eigenvalue weighted by Crippen LogP contribution is -2.37. The minimum Gasteiger partial charge on any atom is -0.497 e. The summed E-state index contributed by atoms with van der Waals surface area (Å²) in [6, 6.07) is 13.0. The first-order valence-electron chi connectivity index (χ1n) is 11.9. The highest BCUT2D eigenvalue weighted by atomic mass is 32.2. The maximum atomic E-state index is 13.5. The topological polar surface area (TPSA) is 115 Å². The molecule has 3 aromatic rings. The first-order chi connectivity index (χ1) is 17.0. The molecular formula is C26H30N4O5S. The second kappa shape index (κ2) is 8.70. The first kappa shape index (κ1) is 24.5. The Hall–Kier alpha value is -3.24. The van der Waals surface area contributed by atoms with Gasteiger partial charge in [0, 0.05) is 23.7 Å². The van der Waals surface area contributed by atoms with Crippen LogP contribution in [0.1, 0.15) is 50.4 Å². The van der Waals surface area contributed by atoms with Gasteiger partial charge in [-0.15, -0.1) is 5.10 Å². The lowest BCUT2D eigenvalue weighted by atomic mass is 9.65.